The number of fused-ring (bicyclic) bond motifs is 9. The predicted molar refractivity (Wildman–Crippen MR) is 254 cm³/mol. The average molecular weight is 793 g/mol. The third-order valence-electron chi connectivity index (χ3n) is 11.3. The molecule has 272 valence electrons. The van der Waals surface area contributed by atoms with E-state index in [0.29, 0.717) is 0 Å². The Balaban J connectivity index is 0.933. The Morgan fingerprint density at radius 2 is 1.03 bits per heavy atom. The average Bonchev–Trinajstić information content (AvgIpc) is 4.00. The van der Waals surface area contributed by atoms with E-state index in [1.165, 1.54) is 83.6 Å². The molecule has 0 aliphatic rings. The molecular weight excluding hydrogens is 761 g/mol. The molecule has 58 heavy (non-hydrogen) atoms. The molecule has 3 heterocycles. The normalized spacial score (nSPS) is 11.8. The number of thiazole rings is 1. The molecular formula is C53H32N2S3. The van der Waals surface area contributed by atoms with E-state index in [1.54, 1.807) is 0 Å². The summed E-state index contributed by atoms with van der Waals surface area (Å²) in [7, 11) is 0. The van der Waals surface area contributed by atoms with Gasteiger partial charge in [-0.15, -0.1) is 34.0 Å². The van der Waals surface area contributed by atoms with Gasteiger partial charge in [-0.25, -0.2) is 4.98 Å². The molecule has 3 aromatic heterocycles. The summed E-state index contributed by atoms with van der Waals surface area (Å²) in [6.07, 6.45) is 0. The van der Waals surface area contributed by atoms with Gasteiger partial charge in [-0.05, 0) is 93.7 Å². The van der Waals surface area contributed by atoms with E-state index in [4.69, 9.17) is 4.98 Å². The fourth-order valence-electron chi connectivity index (χ4n) is 8.46. The Bertz CT molecular complexity index is 3500. The number of hydrogen-bond acceptors (Lipinski definition) is 5. The van der Waals surface area contributed by atoms with Crippen molar-refractivity contribution in [3.8, 4) is 32.8 Å². The van der Waals surface area contributed by atoms with Crippen molar-refractivity contribution in [3.05, 3.63) is 194 Å². The number of aromatic nitrogens is 1. The van der Waals surface area contributed by atoms with Crippen LogP contribution in [0.2, 0.25) is 0 Å². The van der Waals surface area contributed by atoms with Gasteiger partial charge in [0, 0.05) is 63.0 Å². The van der Waals surface area contributed by atoms with Crippen LogP contribution in [0.1, 0.15) is 0 Å². The van der Waals surface area contributed by atoms with E-state index in [9.17, 15) is 0 Å². The van der Waals surface area contributed by atoms with Crippen LogP contribution >= 0.6 is 34.0 Å². The lowest BCUT2D eigenvalue weighted by Crippen LogP contribution is -2.09. The lowest BCUT2D eigenvalue weighted by Gasteiger charge is -2.26. The quantitative estimate of drug-likeness (QED) is 0.167. The third-order valence-corrected chi connectivity index (χ3v) is 14.8. The molecule has 12 aromatic rings. The van der Waals surface area contributed by atoms with Crippen LogP contribution in [-0.2, 0) is 0 Å². The highest BCUT2D eigenvalue weighted by Crippen LogP contribution is 2.47. The first kappa shape index (κ1) is 33.5. The summed E-state index contributed by atoms with van der Waals surface area (Å²) in [5.74, 6) is 0. The summed E-state index contributed by atoms with van der Waals surface area (Å²) in [6, 6.07) is 70.7. The van der Waals surface area contributed by atoms with Crippen LogP contribution in [0.25, 0.3) is 94.2 Å². The van der Waals surface area contributed by atoms with E-state index in [0.717, 1.165) is 27.6 Å². The summed E-state index contributed by atoms with van der Waals surface area (Å²) in [5, 5.41) is 8.76. The highest BCUT2D eigenvalue weighted by atomic mass is 32.1. The van der Waals surface area contributed by atoms with Crippen molar-refractivity contribution in [1.82, 2.24) is 4.98 Å². The van der Waals surface area contributed by atoms with Crippen LogP contribution in [0.3, 0.4) is 0 Å². The Kier molecular flexibility index (Phi) is 7.80. The Labute approximate surface area is 347 Å². The van der Waals surface area contributed by atoms with Gasteiger partial charge in [-0.2, -0.15) is 0 Å². The maximum atomic E-state index is 5.20. The van der Waals surface area contributed by atoms with E-state index in [-0.39, 0.29) is 0 Å². The minimum absolute atomic E-state index is 1.06. The minimum Gasteiger partial charge on any atom is -0.310 e. The first-order chi connectivity index (χ1) is 28.7. The predicted octanol–water partition coefficient (Wildman–Crippen LogP) is 16.7. The topological polar surface area (TPSA) is 16.1 Å². The Morgan fingerprint density at radius 3 is 1.88 bits per heavy atom. The van der Waals surface area contributed by atoms with Gasteiger partial charge in [0.25, 0.3) is 0 Å². The smallest absolute Gasteiger partial charge is 0.124 e. The van der Waals surface area contributed by atoms with E-state index >= 15 is 0 Å². The van der Waals surface area contributed by atoms with Gasteiger partial charge in [0.1, 0.15) is 5.01 Å². The number of thiophene rings is 2. The van der Waals surface area contributed by atoms with Crippen molar-refractivity contribution in [1.29, 1.82) is 0 Å². The maximum absolute atomic E-state index is 5.20. The number of nitrogens with zero attached hydrogens (tertiary/aromatic N) is 2. The lowest BCUT2D eigenvalue weighted by atomic mass is 10.0. The number of benzene rings is 9. The van der Waals surface area contributed by atoms with E-state index in [2.05, 4.69) is 199 Å². The molecule has 0 bridgehead atoms. The molecule has 2 nitrogen and oxygen atoms in total. The molecule has 0 aliphatic carbocycles. The third kappa shape index (κ3) is 5.54. The van der Waals surface area contributed by atoms with Crippen LogP contribution < -0.4 is 4.90 Å². The van der Waals surface area contributed by atoms with Gasteiger partial charge in [0.15, 0.2) is 0 Å². The molecule has 0 saturated carbocycles. The van der Waals surface area contributed by atoms with Crippen molar-refractivity contribution < 1.29 is 0 Å². The van der Waals surface area contributed by atoms with Crippen LogP contribution in [0.5, 0.6) is 0 Å². The van der Waals surface area contributed by atoms with Crippen molar-refractivity contribution >= 4 is 112 Å². The first-order valence-electron chi connectivity index (χ1n) is 19.4. The fraction of sp³-hybridized carbons (Fsp3) is 0. The van der Waals surface area contributed by atoms with E-state index < -0.39 is 0 Å². The zero-order valence-electron chi connectivity index (χ0n) is 31.1. The Morgan fingerprint density at radius 1 is 0.362 bits per heavy atom. The van der Waals surface area contributed by atoms with Crippen LogP contribution in [-0.4, -0.2) is 4.98 Å². The van der Waals surface area contributed by atoms with Crippen LogP contribution in [0.4, 0.5) is 17.1 Å². The lowest BCUT2D eigenvalue weighted by molar-refractivity contribution is 1.29. The summed E-state index contributed by atoms with van der Waals surface area (Å²) in [5.41, 5.74) is 10.5. The SMILES string of the molecule is c1ccc(-c2ccc(N(c3ccc(-c4cccc5c4sc4ccc6nc(-c7ccc8c(c7)sc7ccccc78)sc6c45)cc3)c3ccc4ccccc4c3)cc2)cc1. The van der Waals surface area contributed by atoms with Crippen molar-refractivity contribution in [2.75, 3.05) is 4.90 Å². The molecule has 5 heteroatoms. The summed E-state index contributed by atoms with van der Waals surface area (Å²) in [6.45, 7) is 0. The second-order valence-electron chi connectivity index (χ2n) is 14.7. The molecule has 0 unspecified atom stereocenters. The molecule has 0 radical (unpaired) electrons. The molecule has 0 spiro atoms. The first-order valence-corrected chi connectivity index (χ1v) is 21.9. The summed E-state index contributed by atoms with van der Waals surface area (Å²) < 4.78 is 6.49. The van der Waals surface area contributed by atoms with Crippen molar-refractivity contribution in [3.63, 3.8) is 0 Å². The summed E-state index contributed by atoms with van der Waals surface area (Å²) >= 11 is 5.55. The molecule has 0 saturated heterocycles. The van der Waals surface area contributed by atoms with Gasteiger partial charge < -0.3 is 4.90 Å². The van der Waals surface area contributed by atoms with Crippen molar-refractivity contribution in [2.24, 2.45) is 0 Å². The molecule has 0 N–H and O–H groups in total. The highest BCUT2D eigenvalue weighted by molar-refractivity contribution is 7.28. The van der Waals surface area contributed by atoms with Crippen LogP contribution in [0, 0.1) is 0 Å². The second-order valence-corrected chi connectivity index (χ2v) is 17.9. The van der Waals surface area contributed by atoms with Gasteiger partial charge in [-0.1, -0.05) is 133 Å². The molecule has 0 atom stereocenters. The maximum Gasteiger partial charge on any atom is 0.124 e. The molecule has 9 aromatic carbocycles. The second kappa shape index (κ2) is 13.5. The van der Waals surface area contributed by atoms with Gasteiger partial charge in [-0.3, -0.25) is 0 Å². The Hall–Kier alpha value is -6.63. The molecule has 0 amide bonds. The monoisotopic (exact) mass is 792 g/mol. The standard InChI is InChI=1S/C53H32N2S3/c1-2-9-33(10-3-1)35-17-23-39(24-18-35)55(41-27-19-34-11-4-5-12-37(34)31-41)40-25-20-36(21-26-40)42-14-8-15-45-50-48(57-51(42)45)30-29-46-52(50)58-53(54-46)38-22-28-44-43-13-6-7-16-47(43)56-49(44)32-38/h1-32H. The molecule has 0 fully saturated rings. The van der Waals surface area contributed by atoms with Crippen LogP contribution in [0.15, 0.2) is 194 Å². The van der Waals surface area contributed by atoms with Gasteiger partial charge in [0.05, 0.1) is 10.2 Å². The summed E-state index contributed by atoms with van der Waals surface area (Å²) in [4.78, 5) is 7.56. The van der Waals surface area contributed by atoms with E-state index in [1.807, 2.05) is 34.0 Å². The number of anilines is 3. The van der Waals surface area contributed by atoms with Gasteiger partial charge in [0.2, 0.25) is 0 Å². The van der Waals surface area contributed by atoms with Crippen molar-refractivity contribution in [2.45, 2.75) is 0 Å². The molecule has 12 rings (SSSR count). The largest absolute Gasteiger partial charge is 0.310 e. The zero-order valence-corrected chi connectivity index (χ0v) is 33.5. The fourth-order valence-corrected chi connectivity index (χ4v) is 12.0. The number of rotatable bonds is 6. The molecule has 0 aliphatic heterocycles. The minimum atomic E-state index is 1.06. The number of hydrogen-bond donors (Lipinski definition) is 0. The zero-order chi connectivity index (χ0) is 38.2. The highest BCUT2D eigenvalue weighted by Gasteiger charge is 2.18. The van der Waals surface area contributed by atoms with Gasteiger partial charge >= 0.3 is 0 Å².